The molecule has 126 valence electrons. The van der Waals surface area contributed by atoms with Crippen molar-refractivity contribution in [3.63, 3.8) is 0 Å². The molecule has 24 heavy (non-hydrogen) atoms. The Labute approximate surface area is 150 Å². The molecule has 1 saturated heterocycles. The smallest absolute Gasteiger partial charge is 0.257 e. The van der Waals surface area contributed by atoms with E-state index in [1.165, 1.54) is 6.42 Å². The Kier molecular flexibility index (Phi) is 5.14. The second kappa shape index (κ2) is 7.30. The molecule has 1 amide bonds. The van der Waals surface area contributed by atoms with E-state index < -0.39 is 0 Å². The van der Waals surface area contributed by atoms with Crippen molar-refractivity contribution in [2.45, 2.75) is 26.7 Å². The number of carbonyl (C=O) groups excluding carboxylic acids is 1. The molecule has 2 heterocycles. The van der Waals surface area contributed by atoms with E-state index >= 15 is 0 Å². The van der Waals surface area contributed by atoms with Crippen molar-refractivity contribution in [3.05, 3.63) is 46.2 Å². The van der Waals surface area contributed by atoms with Gasteiger partial charge >= 0.3 is 0 Å². The SMILES string of the molecule is Cc1ccc(Nc2ncc(C(=O)N3CCCC(C)C3)cn2)cc1Br. The van der Waals surface area contributed by atoms with E-state index in [-0.39, 0.29) is 5.91 Å². The molecular weight excluding hydrogens is 368 g/mol. The minimum Gasteiger partial charge on any atom is -0.338 e. The highest BCUT2D eigenvalue weighted by atomic mass is 79.9. The molecule has 1 aliphatic heterocycles. The Morgan fingerprint density at radius 2 is 2.08 bits per heavy atom. The van der Waals surface area contributed by atoms with Crippen molar-refractivity contribution in [2.75, 3.05) is 18.4 Å². The van der Waals surface area contributed by atoms with Gasteiger partial charge in [-0.05, 0) is 43.4 Å². The maximum Gasteiger partial charge on any atom is 0.257 e. The summed E-state index contributed by atoms with van der Waals surface area (Å²) in [6.45, 7) is 5.85. The number of rotatable bonds is 3. The molecule has 1 atom stereocenters. The lowest BCUT2D eigenvalue weighted by Gasteiger charge is -2.30. The van der Waals surface area contributed by atoms with Crippen LogP contribution in [0.15, 0.2) is 35.1 Å². The Hall–Kier alpha value is -1.95. The zero-order valence-electron chi connectivity index (χ0n) is 13.9. The Morgan fingerprint density at radius 3 is 2.75 bits per heavy atom. The first kappa shape index (κ1) is 16.9. The van der Waals surface area contributed by atoms with Crippen LogP contribution in [0.1, 0.15) is 35.7 Å². The normalized spacial score (nSPS) is 17.6. The molecule has 0 bridgehead atoms. The summed E-state index contributed by atoms with van der Waals surface area (Å²) in [5, 5.41) is 3.15. The van der Waals surface area contributed by atoms with Crippen LogP contribution < -0.4 is 5.32 Å². The number of halogens is 1. The molecular formula is C18H21BrN4O. The first-order valence-corrected chi connectivity index (χ1v) is 8.97. The summed E-state index contributed by atoms with van der Waals surface area (Å²) < 4.78 is 1.03. The van der Waals surface area contributed by atoms with Crippen molar-refractivity contribution in [3.8, 4) is 0 Å². The Bertz CT molecular complexity index is 732. The molecule has 2 aromatic rings. The molecule has 6 heteroatoms. The summed E-state index contributed by atoms with van der Waals surface area (Å²) in [5.74, 6) is 1.06. The number of nitrogens with one attached hydrogen (secondary N) is 1. The number of hydrogen-bond acceptors (Lipinski definition) is 4. The van der Waals surface area contributed by atoms with Crippen molar-refractivity contribution in [2.24, 2.45) is 5.92 Å². The van der Waals surface area contributed by atoms with E-state index in [1.54, 1.807) is 12.4 Å². The van der Waals surface area contributed by atoms with Gasteiger partial charge in [0.05, 0.1) is 5.56 Å². The summed E-state index contributed by atoms with van der Waals surface area (Å²) in [5.41, 5.74) is 2.61. The molecule has 1 aromatic heterocycles. The minimum atomic E-state index is 0.0196. The lowest BCUT2D eigenvalue weighted by Crippen LogP contribution is -2.39. The van der Waals surface area contributed by atoms with Crippen molar-refractivity contribution in [1.29, 1.82) is 0 Å². The van der Waals surface area contributed by atoms with Gasteiger partial charge in [-0.25, -0.2) is 9.97 Å². The van der Waals surface area contributed by atoms with Crippen LogP contribution >= 0.6 is 15.9 Å². The van der Waals surface area contributed by atoms with Crippen LogP contribution in [-0.2, 0) is 0 Å². The summed E-state index contributed by atoms with van der Waals surface area (Å²) in [7, 11) is 0. The number of piperidine rings is 1. The number of likely N-dealkylation sites (tertiary alicyclic amines) is 1. The monoisotopic (exact) mass is 388 g/mol. The van der Waals surface area contributed by atoms with E-state index in [1.807, 2.05) is 30.0 Å². The van der Waals surface area contributed by atoms with Gasteiger partial charge in [0.1, 0.15) is 0 Å². The number of hydrogen-bond donors (Lipinski definition) is 1. The third-order valence-electron chi connectivity index (χ3n) is 4.27. The number of anilines is 2. The first-order chi connectivity index (χ1) is 11.5. The average Bonchev–Trinajstić information content (AvgIpc) is 2.58. The van der Waals surface area contributed by atoms with E-state index in [9.17, 15) is 4.79 Å². The molecule has 1 aromatic carbocycles. The van der Waals surface area contributed by atoms with E-state index in [0.29, 0.717) is 17.4 Å². The fourth-order valence-electron chi connectivity index (χ4n) is 2.86. The average molecular weight is 389 g/mol. The fraction of sp³-hybridized carbons (Fsp3) is 0.389. The van der Waals surface area contributed by atoms with Gasteiger partial charge < -0.3 is 10.2 Å². The van der Waals surface area contributed by atoms with Crippen molar-refractivity contribution in [1.82, 2.24) is 14.9 Å². The van der Waals surface area contributed by atoms with Crippen molar-refractivity contribution < 1.29 is 4.79 Å². The van der Waals surface area contributed by atoms with Crippen LogP contribution in [0.2, 0.25) is 0 Å². The van der Waals surface area contributed by atoms with Crippen LogP contribution in [0.4, 0.5) is 11.6 Å². The number of nitrogens with zero attached hydrogens (tertiary/aromatic N) is 3. The molecule has 0 spiro atoms. The molecule has 5 nitrogen and oxygen atoms in total. The summed E-state index contributed by atoms with van der Waals surface area (Å²) in [6, 6.07) is 5.96. The third kappa shape index (κ3) is 3.93. The number of benzene rings is 1. The van der Waals surface area contributed by atoms with Crippen LogP contribution in [-0.4, -0.2) is 33.9 Å². The highest BCUT2D eigenvalue weighted by Gasteiger charge is 2.22. The lowest BCUT2D eigenvalue weighted by molar-refractivity contribution is 0.0682. The molecule has 0 radical (unpaired) electrons. The zero-order valence-corrected chi connectivity index (χ0v) is 15.5. The second-order valence-electron chi connectivity index (χ2n) is 6.38. The fourth-order valence-corrected chi connectivity index (χ4v) is 3.24. The van der Waals surface area contributed by atoms with E-state index in [2.05, 4.69) is 38.1 Å². The Balaban J connectivity index is 1.68. The first-order valence-electron chi connectivity index (χ1n) is 8.17. The summed E-state index contributed by atoms with van der Waals surface area (Å²) in [6.07, 6.45) is 5.45. The molecule has 1 N–H and O–H groups in total. The molecule has 1 aliphatic rings. The predicted molar refractivity (Wildman–Crippen MR) is 98.5 cm³/mol. The topological polar surface area (TPSA) is 58.1 Å². The summed E-state index contributed by atoms with van der Waals surface area (Å²) in [4.78, 5) is 23.0. The van der Waals surface area contributed by atoms with Gasteiger partial charge in [0, 0.05) is 35.6 Å². The largest absolute Gasteiger partial charge is 0.338 e. The number of carbonyl (C=O) groups is 1. The van der Waals surface area contributed by atoms with Gasteiger partial charge in [0.15, 0.2) is 0 Å². The zero-order chi connectivity index (χ0) is 17.1. The van der Waals surface area contributed by atoms with Gasteiger partial charge in [-0.15, -0.1) is 0 Å². The highest BCUT2D eigenvalue weighted by Crippen LogP contribution is 2.22. The van der Waals surface area contributed by atoms with Gasteiger partial charge in [0.2, 0.25) is 5.95 Å². The molecule has 1 fully saturated rings. The van der Waals surface area contributed by atoms with E-state index in [4.69, 9.17) is 0 Å². The molecule has 0 aliphatic carbocycles. The maximum absolute atomic E-state index is 12.5. The maximum atomic E-state index is 12.5. The van der Waals surface area contributed by atoms with Gasteiger partial charge in [0.25, 0.3) is 5.91 Å². The van der Waals surface area contributed by atoms with E-state index in [0.717, 1.165) is 35.2 Å². The predicted octanol–water partition coefficient (Wildman–Crippen LogP) is 4.16. The Morgan fingerprint density at radius 1 is 1.33 bits per heavy atom. The molecule has 3 rings (SSSR count). The summed E-state index contributed by atoms with van der Waals surface area (Å²) >= 11 is 3.51. The number of aromatic nitrogens is 2. The lowest BCUT2D eigenvalue weighted by atomic mass is 10.00. The van der Waals surface area contributed by atoms with Gasteiger partial charge in [-0.2, -0.15) is 0 Å². The third-order valence-corrected chi connectivity index (χ3v) is 5.13. The number of aryl methyl sites for hydroxylation is 1. The number of amides is 1. The minimum absolute atomic E-state index is 0.0196. The van der Waals surface area contributed by atoms with Crippen LogP contribution in [0.25, 0.3) is 0 Å². The molecule has 0 saturated carbocycles. The van der Waals surface area contributed by atoms with Gasteiger partial charge in [-0.1, -0.05) is 28.9 Å². The van der Waals surface area contributed by atoms with Crippen LogP contribution in [0, 0.1) is 12.8 Å². The highest BCUT2D eigenvalue weighted by molar-refractivity contribution is 9.10. The molecule has 1 unspecified atom stereocenters. The van der Waals surface area contributed by atoms with Crippen molar-refractivity contribution >= 4 is 33.5 Å². The second-order valence-corrected chi connectivity index (χ2v) is 7.24. The van der Waals surface area contributed by atoms with Gasteiger partial charge in [-0.3, -0.25) is 4.79 Å². The van der Waals surface area contributed by atoms with Crippen LogP contribution in [0.3, 0.4) is 0 Å². The quantitative estimate of drug-likeness (QED) is 0.857. The standard InChI is InChI=1S/C18H21BrN4O/c1-12-4-3-7-23(11-12)17(24)14-9-20-18(21-10-14)22-15-6-5-13(2)16(19)8-15/h5-6,8-10,12H,3-4,7,11H2,1-2H3,(H,20,21,22). The van der Waals surface area contributed by atoms with Crippen LogP contribution in [0.5, 0.6) is 0 Å².